The molecule has 0 bridgehead atoms. The van der Waals surface area contributed by atoms with Crippen LogP contribution < -0.4 is 10.1 Å². The van der Waals surface area contributed by atoms with Gasteiger partial charge in [-0.15, -0.1) is 0 Å². The lowest BCUT2D eigenvalue weighted by molar-refractivity contribution is -0.383. The van der Waals surface area contributed by atoms with Crippen LogP contribution in [-0.4, -0.2) is 28.1 Å². The molecule has 3 rings (SSSR count). The number of aromatic nitrogens is 2. The Morgan fingerprint density at radius 1 is 1.32 bits per heavy atom. The molecule has 0 radical (unpaired) electrons. The summed E-state index contributed by atoms with van der Waals surface area (Å²) in [6.07, 6.45) is 0.183. The zero-order valence-corrected chi connectivity index (χ0v) is 15.5. The molecule has 0 saturated heterocycles. The number of methoxy groups -OCH3 is 1. The van der Waals surface area contributed by atoms with Gasteiger partial charge in [0.05, 0.1) is 17.6 Å². The number of ether oxygens (including phenoxy) is 1. The highest BCUT2D eigenvalue weighted by Crippen LogP contribution is 2.29. The van der Waals surface area contributed by atoms with Crippen molar-refractivity contribution >= 4 is 28.9 Å². The molecule has 0 atom stereocenters. The number of benzene rings is 2. The molecular weight excluding hydrogens is 388 g/mol. The zero-order chi connectivity index (χ0) is 20.1. The minimum absolute atomic E-state index is 0.00728. The molecule has 1 N–H and O–H groups in total. The molecule has 1 amide bonds. The second kappa shape index (κ2) is 8.49. The number of nitro benzene ring substituents is 1. The van der Waals surface area contributed by atoms with Crippen LogP contribution in [-0.2, 0) is 11.2 Å². The molecule has 144 valence electrons. The van der Waals surface area contributed by atoms with Gasteiger partial charge in [0.15, 0.2) is 0 Å². The smallest absolute Gasteiger partial charge is 0.294 e. The summed E-state index contributed by atoms with van der Waals surface area (Å²) in [6, 6.07) is 11.2. The summed E-state index contributed by atoms with van der Waals surface area (Å²) >= 11 is 5.76. The monoisotopic (exact) mass is 402 g/mol. The van der Waals surface area contributed by atoms with Gasteiger partial charge in [-0.3, -0.25) is 14.9 Å². The van der Waals surface area contributed by atoms with Crippen molar-refractivity contribution in [2.75, 3.05) is 12.4 Å². The molecular formula is C18H15ClN4O5. The van der Waals surface area contributed by atoms with Gasteiger partial charge < -0.3 is 14.6 Å². The fraction of sp³-hybridized carbons (Fsp3) is 0.167. The molecule has 1 heterocycles. The zero-order valence-electron chi connectivity index (χ0n) is 14.7. The first-order valence-electron chi connectivity index (χ1n) is 8.17. The van der Waals surface area contributed by atoms with Crippen LogP contribution in [0.4, 0.5) is 11.4 Å². The van der Waals surface area contributed by atoms with Crippen molar-refractivity contribution in [1.82, 2.24) is 10.1 Å². The summed E-state index contributed by atoms with van der Waals surface area (Å²) in [4.78, 5) is 26.9. The molecule has 0 saturated carbocycles. The molecule has 3 aromatic rings. The van der Waals surface area contributed by atoms with Crippen LogP contribution in [0.15, 0.2) is 47.0 Å². The van der Waals surface area contributed by atoms with Gasteiger partial charge >= 0.3 is 0 Å². The quantitative estimate of drug-likeness (QED) is 0.470. The van der Waals surface area contributed by atoms with E-state index in [1.165, 1.54) is 18.2 Å². The minimum atomic E-state index is -0.612. The lowest BCUT2D eigenvalue weighted by atomic mass is 10.2. The van der Waals surface area contributed by atoms with Crippen molar-refractivity contribution in [2.24, 2.45) is 0 Å². The van der Waals surface area contributed by atoms with Crippen molar-refractivity contribution < 1.29 is 19.0 Å². The fourth-order valence-corrected chi connectivity index (χ4v) is 2.66. The van der Waals surface area contributed by atoms with Crippen LogP contribution in [0.1, 0.15) is 12.3 Å². The Hall–Kier alpha value is -3.46. The Labute approximate surface area is 164 Å². The average Bonchev–Trinajstić information content (AvgIpc) is 3.16. The molecule has 2 aromatic carbocycles. The highest BCUT2D eigenvalue weighted by Gasteiger charge is 2.18. The Balaban J connectivity index is 1.65. The molecule has 0 aliphatic carbocycles. The highest BCUT2D eigenvalue weighted by atomic mass is 35.5. The lowest BCUT2D eigenvalue weighted by Gasteiger charge is -2.05. The van der Waals surface area contributed by atoms with Crippen LogP contribution >= 0.6 is 11.6 Å². The first-order valence-corrected chi connectivity index (χ1v) is 8.55. The van der Waals surface area contributed by atoms with Crippen molar-refractivity contribution in [3.63, 3.8) is 0 Å². The molecule has 28 heavy (non-hydrogen) atoms. The van der Waals surface area contributed by atoms with Crippen LogP contribution in [0.3, 0.4) is 0 Å². The lowest BCUT2D eigenvalue weighted by Crippen LogP contribution is -2.13. The van der Waals surface area contributed by atoms with E-state index in [-0.39, 0.29) is 35.1 Å². The van der Waals surface area contributed by atoms with Gasteiger partial charge in [-0.2, -0.15) is 4.98 Å². The van der Waals surface area contributed by atoms with E-state index in [4.69, 9.17) is 20.9 Å². The van der Waals surface area contributed by atoms with Gasteiger partial charge in [-0.05, 0) is 24.3 Å². The number of amides is 1. The number of aryl methyl sites for hydroxylation is 1. The van der Waals surface area contributed by atoms with E-state index in [9.17, 15) is 14.9 Å². The molecule has 1 aromatic heterocycles. The first-order chi connectivity index (χ1) is 13.5. The number of rotatable bonds is 7. The molecule has 0 aliphatic rings. The van der Waals surface area contributed by atoms with E-state index < -0.39 is 10.8 Å². The van der Waals surface area contributed by atoms with Gasteiger partial charge in [-0.25, -0.2) is 0 Å². The number of halogens is 1. The SMILES string of the molecule is COc1ccccc1-c1noc(CCC(=O)Nc2ccc(Cl)cc2[N+](=O)[O-])n1. The summed E-state index contributed by atoms with van der Waals surface area (Å²) in [5.41, 5.74) is 0.456. The van der Waals surface area contributed by atoms with E-state index in [1.54, 1.807) is 19.2 Å². The van der Waals surface area contributed by atoms with Gasteiger partial charge in [0, 0.05) is 23.9 Å². The molecule has 0 aliphatic heterocycles. The van der Waals surface area contributed by atoms with Crippen LogP contribution in [0.5, 0.6) is 5.75 Å². The van der Waals surface area contributed by atoms with Crippen LogP contribution in [0, 0.1) is 10.1 Å². The van der Waals surface area contributed by atoms with Crippen molar-refractivity contribution in [2.45, 2.75) is 12.8 Å². The standard InChI is InChI=1S/C18H15ClN4O5/c1-27-15-5-3-2-4-12(15)18-21-17(28-22-18)9-8-16(24)20-13-7-6-11(19)10-14(13)23(25)26/h2-7,10H,8-9H2,1H3,(H,20,24). The number of nitrogens with zero attached hydrogens (tertiary/aromatic N) is 3. The topological polar surface area (TPSA) is 120 Å². The number of anilines is 1. The van der Waals surface area contributed by atoms with E-state index in [1.807, 2.05) is 12.1 Å². The summed E-state index contributed by atoms with van der Waals surface area (Å²) in [6.45, 7) is 0. The van der Waals surface area contributed by atoms with Crippen LogP contribution in [0.25, 0.3) is 11.4 Å². The predicted molar refractivity (Wildman–Crippen MR) is 101 cm³/mol. The van der Waals surface area contributed by atoms with Gasteiger partial charge in [0.25, 0.3) is 5.69 Å². The van der Waals surface area contributed by atoms with Gasteiger partial charge in [0.1, 0.15) is 11.4 Å². The minimum Gasteiger partial charge on any atom is -0.496 e. The summed E-state index contributed by atoms with van der Waals surface area (Å²) < 4.78 is 10.4. The Morgan fingerprint density at radius 3 is 2.86 bits per heavy atom. The van der Waals surface area contributed by atoms with E-state index in [0.717, 1.165) is 0 Å². The number of nitrogens with one attached hydrogen (secondary N) is 1. The van der Waals surface area contributed by atoms with Crippen LogP contribution in [0.2, 0.25) is 5.02 Å². The Morgan fingerprint density at radius 2 is 2.11 bits per heavy atom. The number of carbonyl (C=O) groups excluding carboxylic acids is 1. The maximum absolute atomic E-state index is 12.1. The first kappa shape index (κ1) is 19.3. The number of nitro groups is 1. The second-order valence-electron chi connectivity index (χ2n) is 5.68. The van der Waals surface area contributed by atoms with Gasteiger partial charge in [0.2, 0.25) is 17.6 Å². The number of hydrogen-bond acceptors (Lipinski definition) is 7. The average molecular weight is 403 g/mol. The van der Waals surface area contributed by atoms with Crippen molar-refractivity contribution in [3.05, 3.63) is 63.5 Å². The third kappa shape index (κ3) is 4.44. The van der Waals surface area contributed by atoms with Gasteiger partial charge in [-0.1, -0.05) is 28.9 Å². The molecule has 0 unspecified atom stereocenters. The molecule has 0 spiro atoms. The maximum Gasteiger partial charge on any atom is 0.294 e. The Kier molecular flexibility index (Phi) is 5.85. The largest absolute Gasteiger partial charge is 0.496 e. The third-order valence-electron chi connectivity index (χ3n) is 3.81. The summed E-state index contributed by atoms with van der Waals surface area (Å²) in [5.74, 6) is 0.785. The van der Waals surface area contributed by atoms with Crippen molar-refractivity contribution in [3.8, 4) is 17.1 Å². The maximum atomic E-state index is 12.1. The number of para-hydroxylation sites is 1. The van der Waals surface area contributed by atoms with E-state index in [2.05, 4.69) is 15.5 Å². The molecule has 0 fully saturated rings. The van der Waals surface area contributed by atoms with E-state index >= 15 is 0 Å². The fourth-order valence-electron chi connectivity index (χ4n) is 2.49. The third-order valence-corrected chi connectivity index (χ3v) is 4.05. The number of hydrogen-bond donors (Lipinski definition) is 1. The van der Waals surface area contributed by atoms with Crippen molar-refractivity contribution in [1.29, 1.82) is 0 Å². The second-order valence-corrected chi connectivity index (χ2v) is 6.12. The summed E-state index contributed by atoms with van der Waals surface area (Å²) in [7, 11) is 1.54. The molecule has 9 nitrogen and oxygen atoms in total. The predicted octanol–water partition coefficient (Wildman–Crippen LogP) is 3.88. The highest BCUT2D eigenvalue weighted by molar-refractivity contribution is 6.31. The Bertz CT molecular complexity index is 1020. The van der Waals surface area contributed by atoms with E-state index in [0.29, 0.717) is 17.1 Å². The normalized spacial score (nSPS) is 10.5. The summed E-state index contributed by atoms with van der Waals surface area (Å²) in [5, 5.41) is 17.7. The molecule has 10 heteroatoms. The number of carbonyl (C=O) groups is 1.